The van der Waals surface area contributed by atoms with E-state index in [9.17, 15) is 26.4 Å². The van der Waals surface area contributed by atoms with Crippen LogP contribution in [0.4, 0.5) is 13.2 Å². The van der Waals surface area contributed by atoms with Crippen LogP contribution in [0.2, 0.25) is 0 Å². The molecule has 1 N–H and O–H groups in total. The van der Waals surface area contributed by atoms with Crippen LogP contribution in [0.15, 0.2) is 71.8 Å². The summed E-state index contributed by atoms with van der Waals surface area (Å²) in [6, 6.07) is 14.1. The van der Waals surface area contributed by atoms with Crippen molar-refractivity contribution in [3.8, 4) is 11.1 Å². The van der Waals surface area contributed by atoms with Gasteiger partial charge in [0.2, 0.25) is 0 Å². The second-order valence-corrected chi connectivity index (χ2v) is 10.3. The Kier molecular flexibility index (Phi) is 5.43. The molecule has 0 unspecified atom stereocenters. The van der Waals surface area contributed by atoms with Crippen LogP contribution < -0.4 is 5.32 Å². The van der Waals surface area contributed by atoms with E-state index in [1.54, 1.807) is 30.3 Å². The number of hydrogen-bond donors (Lipinski definition) is 1. The third-order valence-corrected chi connectivity index (χ3v) is 7.58. The van der Waals surface area contributed by atoms with E-state index in [0.29, 0.717) is 10.9 Å². The summed E-state index contributed by atoms with van der Waals surface area (Å²) in [6.07, 6.45) is -1.20. The molecule has 180 valence electrons. The Morgan fingerprint density at radius 3 is 2.40 bits per heavy atom. The molecule has 35 heavy (non-hydrogen) atoms. The molecule has 1 aromatic heterocycles. The van der Waals surface area contributed by atoms with Crippen LogP contribution in [0.25, 0.3) is 22.0 Å². The Balaban J connectivity index is 1.49. The molecule has 1 heterocycles. The summed E-state index contributed by atoms with van der Waals surface area (Å²) in [5.41, 5.74) is 2.44. The fraction of sp³-hybridized carbons (Fsp3) is 0.200. The average Bonchev–Trinajstić information content (AvgIpc) is 3.53. The molecule has 6 nitrogen and oxygen atoms in total. The van der Waals surface area contributed by atoms with Crippen molar-refractivity contribution in [3.63, 3.8) is 0 Å². The molecular weight excluding hydrogens is 479 g/mol. The van der Waals surface area contributed by atoms with Crippen molar-refractivity contribution in [3.05, 3.63) is 83.6 Å². The predicted molar refractivity (Wildman–Crippen MR) is 124 cm³/mol. The van der Waals surface area contributed by atoms with Gasteiger partial charge in [0.25, 0.3) is 15.9 Å². The first-order valence-corrected chi connectivity index (χ1v) is 12.3. The molecule has 4 aromatic rings. The lowest BCUT2D eigenvalue weighted by Crippen LogP contribution is -2.25. The molecular formula is C25H20F3N3O3S. The highest BCUT2D eigenvalue weighted by atomic mass is 32.2. The van der Waals surface area contributed by atoms with E-state index in [-0.39, 0.29) is 22.4 Å². The van der Waals surface area contributed by atoms with Gasteiger partial charge in [0.05, 0.1) is 22.2 Å². The summed E-state index contributed by atoms with van der Waals surface area (Å²) >= 11 is 0. The van der Waals surface area contributed by atoms with Crippen molar-refractivity contribution in [2.75, 3.05) is 0 Å². The van der Waals surface area contributed by atoms with Crippen LogP contribution in [0.1, 0.15) is 34.3 Å². The van der Waals surface area contributed by atoms with Gasteiger partial charge in [0.15, 0.2) is 0 Å². The number of alkyl halides is 3. The maximum absolute atomic E-state index is 13.1. The SMILES string of the molecule is Cc1ccc(C(=O)NC2CC2)cc1-c1ccc2c(cnn2S(=O)(=O)c2ccc(C(F)(F)F)cc2)c1. The van der Waals surface area contributed by atoms with Crippen LogP contribution >= 0.6 is 0 Å². The number of aromatic nitrogens is 2. The first kappa shape index (κ1) is 23.1. The number of nitrogens with one attached hydrogen (secondary N) is 1. The minimum absolute atomic E-state index is 0.134. The van der Waals surface area contributed by atoms with Gasteiger partial charge in [-0.1, -0.05) is 12.1 Å². The van der Waals surface area contributed by atoms with Crippen molar-refractivity contribution in [2.45, 2.75) is 36.9 Å². The van der Waals surface area contributed by atoms with Crippen LogP contribution in [0, 0.1) is 6.92 Å². The Hall–Kier alpha value is -3.66. The fourth-order valence-corrected chi connectivity index (χ4v) is 5.13. The molecule has 0 aliphatic heterocycles. The van der Waals surface area contributed by atoms with Gasteiger partial charge in [-0.15, -0.1) is 0 Å². The van der Waals surface area contributed by atoms with Gasteiger partial charge >= 0.3 is 6.18 Å². The molecule has 0 saturated heterocycles. The quantitative estimate of drug-likeness (QED) is 0.411. The molecule has 1 aliphatic carbocycles. The standard InChI is InChI=1S/C25H20F3N3O3S/c1-15-2-3-17(24(32)30-20-7-8-20)13-22(15)16-4-11-23-18(12-16)14-29-31(23)35(33,34)21-9-5-19(6-10-21)25(26,27)28/h2-6,9-14,20H,7-8H2,1H3,(H,30,32). The second-order valence-electron chi connectivity index (χ2n) is 8.57. The number of fused-ring (bicyclic) bond motifs is 1. The maximum atomic E-state index is 13.1. The van der Waals surface area contributed by atoms with Crippen molar-refractivity contribution in [2.24, 2.45) is 0 Å². The van der Waals surface area contributed by atoms with Crippen LogP contribution in [0.3, 0.4) is 0 Å². The molecule has 0 atom stereocenters. The van der Waals surface area contributed by atoms with Gasteiger partial charge in [0, 0.05) is 17.0 Å². The van der Waals surface area contributed by atoms with E-state index >= 15 is 0 Å². The van der Waals surface area contributed by atoms with E-state index in [1.807, 2.05) is 13.0 Å². The number of carbonyl (C=O) groups excluding carboxylic acids is 1. The third-order valence-electron chi connectivity index (χ3n) is 5.97. The molecule has 5 rings (SSSR count). The van der Waals surface area contributed by atoms with E-state index in [2.05, 4.69) is 10.4 Å². The number of amides is 1. The lowest BCUT2D eigenvalue weighted by Gasteiger charge is -2.11. The number of rotatable bonds is 5. The highest BCUT2D eigenvalue weighted by Crippen LogP contribution is 2.32. The van der Waals surface area contributed by atoms with Gasteiger partial charge in [0.1, 0.15) is 0 Å². The summed E-state index contributed by atoms with van der Waals surface area (Å²) in [5.74, 6) is -0.134. The Morgan fingerprint density at radius 1 is 1.03 bits per heavy atom. The third kappa shape index (κ3) is 4.41. The Labute approximate surface area is 199 Å². The zero-order chi connectivity index (χ0) is 25.0. The molecule has 0 bridgehead atoms. The van der Waals surface area contributed by atoms with Gasteiger partial charge < -0.3 is 5.32 Å². The molecule has 1 aliphatic rings. The first-order chi connectivity index (χ1) is 16.5. The number of carbonyl (C=O) groups is 1. The van der Waals surface area contributed by atoms with Gasteiger partial charge in [-0.25, -0.2) is 0 Å². The lowest BCUT2D eigenvalue weighted by molar-refractivity contribution is -0.137. The van der Waals surface area contributed by atoms with E-state index in [0.717, 1.165) is 57.9 Å². The van der Waals surface area contributed by atoms with E-state index < -0.39 is 21.8 Å². The lowest BCUT2D eigenvalue weighted by atomic mass is 9.97. The monoisotopic (exact) mass is 499 g/mol. The summed E-state index contributed by atoms with van der Waals surface area (Å²) in [7, 11) is -4.21. The molecule has 0 radical (unpaired) electrons. The Morgan fingerprint density at radius 2 is 1.74 bits per heavy atom. The minimum Gasteiger partial charge on any atom is -0.349 e. The summed E-state index contributed by atoms with van der Waals surface area (Å²) in [4.78, 5) is 12.2. The molecule has 10 heteroatoms. The molecule has 0 spiro atoms. The zero-order valence-electron chi connectivity index (χ0n) is 18.5. The first-order valence-electron chi connectivity index (χ1n) is 10.9. The van der Waals surface area contributed by atoms with E-state index in [4.69, 9.17) is 0 Å². The molecule has 1 saturated carbocycles. The number of halogens is 3. The minimum atomic E-state index is -4.56. The van der Waals surface area contributed by atoms with E-state index in [1.165, 1.54) is 6.20 Å². The second kappa shape index (κ2) is 8.23. The van der Waals surface area contributed by atoms with Crippen molar-refractivity contribution < 1.29 is 26.4 Å². The van der Waals surface area contributed by atoms with Crippen molar-refractivity contribution in [1.82, 2.24) is 14.5 Å². The van der Waals surface area contributed by atoms with Gasteiger partial charge in [-0.2, -0.15) is 30.8 Å². The fourth-order valence-electron chi connectivity index (χ4n) is 3.85. The number of nitrogens with zero attached hydrogens (tertiary/aromatic N) is 2. The van der Waals surface area contributed by atoms with Crippen molar-refractivity contribution in [1.29, 1.82) is 0 Å². The summed E-state index contributed by atoms with van der Waals surface area (Å²) < 4.78 is 65.5. The zero-order valence-corrected chi connectivity index (χ0v) is 19.3. The topological polar surface area (TPSA) is 81.1 Å². The van der Waals surface area contributed by atoms with Crippen LogP contribution in [-0.4, -0.2) is 29.6 Å². The van der Waals surface area contributed by atoms with Gasteiger partial charge in [-0.05, 0) is 85.0 Å². The molecule has 1 fully saturated rings. The van der Waals surface area contributed by atoms with Gasteiger partial charge in [-0.3, -0.25) is 4.79 Å². The Bertz CT molecular complexity index is 1550. The highest BCUT2D eigenvalue weighted by molar-refractivity contribution is 7.90. The van der Waals surface area contributed by atoms with Crippen molar-refractivity contribution >= 4 is 26.8 Å². The number of hydrogen-bond acceptors (Lipinski definition) is 4. The molecule has 3 aromatic carbocycles. The summed E-state index contributed by atoms with van der Waals surface area (Å²) in [6.45, 7) is 1.92. The summed E-state index contributed by atoms with van der Waals surface area (Å²) in [5, 5.41) is 7.50. The molecule has 1 amide bonds. The largest absolute Gasteiger partial charge is 0.416 e. The maximum Gasteiger partial charge on any atom is 0.416 e. The highest BCUT2D eigenvalue weighted by Gasteiger charge is 2.31. The number of aryl methyl sites for hydroxylation is 1. The normalized spacial score (nSPS) is 14.3. The van der Waals surface area contributed by atoms with Crippen LogP contribution in [-0.2, 0) is 16.2 Å². The predicted octanol–water partition coefficient (Wildman–Crippen LogP) is 5.16. The number of benzene rings is 3. The smallest absolute Gasteiger partial charge is 0.349 e. The van der Waals surface area contributed by atoms with Crippen LogP contribution in [0.5, 0.6) is 0 Å². The average molecular weight is 500 g/mol.